The number of fused-ring (bicyclic) bond motifs is 3. The van der Waals surface area contributed by atoms with Gasteiger partial charge in [-0.25, -0.2) is 19.4 Å². The molecule has 0 saturated heterocycles. The summed E-state index contributed by atoms with van der Waals surface area (Å²) in [6, 6.07) is 2.23. The lowest BCUT2D eigenvalue weighted by atomic mass is 9.84. The van der Waals surface area contributed by atoms with E-state index in [4.69, 9.17) is 19.8 Å². The molecule has 27 heavy (non-hydrogen) atoms. The average molecular weight is 374 g/mol. The highest BCUT2D eigenvalue weighted by molar-refractivity contribution is 6.27. The number of carboxylic acids is 2. The molecular weight excluding hydrogens is 352 g/mol. The van der Waals surface area contributed by atoms with Crippen LogP contribution >= 0.6 is 0 Å². The first-order chi connectivity index (χ1) is 12.9. The molecule has 1 aliphatic rings. The fraction of sp³-hybridized carbons (Fsp3) is 0.444. The standard InChI is InChI=1S/C16H20N4O.C2H2O4/c1-10(11-5-3-2-4-6-11)20-14-12-7-8-17-15(12)18-9-13(14)19-16(20)21;3-1(4)2(5)6/h7-11H,2-6H2,1H3,(H,17,18)(H,19,21);(H,3,4)(H,5,6)/t10-;/m0./s1. The molecule has 9 nitrogen and oxygen atoms in total. The Balaban J connectivity index is 0.000000307. The minimum Gasteiger partial charge on any atom is -0.473 e. The first-order valence-corrected chi connectivity index (χ1v) is 8.92. The van der Waals surface area contributed by atoms with E-state index in [1.807, 2.05) is 16.8 Å². The molecule has 0 unspecified atom stereocenters. The van der Waals surface area contributed by atoms with Gasteiger partial charge in [-0.2, -0.15) is 0 Å². The molecule has 0 radical (unpaired) electrons. The highest BCUT2D eigenvalue weighted by Crippen LogP contribution is 2.34. The Kier molecular flexibility index (Phi) is 5.29. The van der Waals surface area contributed by atoms with Gasteiger partial charge in [0.15, 0.2) is 0 Å². The molecule has 0 spiro atoms. The maximum absolute atomic E-state index is 12.5. The Morgan fingerprint density at radius 3 is 2.52 bits per heavy atom. The van der Waals surface area contributed by atoms with E-state index >= 15 is 0 Å². The number of nitrogens with zero attached hydrogens (tertiary/aromatic N) is 2. The largest absolute Gasteiger partial charge is 0.473 e. The van der Waals surface area contributed by atoms with Crippen molar-refractivity contribution in [2.45, 2.75) is 45.1 Å². The number of pyridine rings is 1. The van der Waals surface area contributed by atoms with E-state index in [0.717, 1.165) is 22.1 Å². The molecule has 3 aromatic heterocycles. The Labute approximate surface area is 154 Å². The number of aliphatic carboxylic acids is 2. The van der Waals surface area contributed by atoms with Gasteiger partial charge in [-0.05, 0) is 31.7 Å². The van der Waals surface area contributed by atoms with Gasteiger partial charge in [0, 0.05) is 17.6 Å². The Hall–Kier alpha value is -3.10. The number of nitrogens with one attached hydrogen (secondary N) is 2. The molecule has 4 N–H and O–H groups in total. The second-order valence-corrected chi connectivity index (χ2v) is 6.81. The van der Waals surface area contributed by atoms with Crippen LogP contribution in [-0.2, 0) is 9.59 Å². The van der Waals surface area contributed by atoms with Gasteiger partial charge in [-0.3, -0.25) is 4.57 Å². The van der Waals surface area contributed by atoms with Gasteiger partial charge in [0.1, 0.15) is 5.65 Å². The summed E-state index contributed by atoms with van der Waals surface area (Å²) < 4.78 is 1.95. The molecule has 0 aliphatic heterocycles. The van der Waals surface area contributed by atoms with E-state index in [9.17, 15) is 4.79 Å². The molecule has 0 amide bonds. The summed E-state index contributed by atoms with van der Waals surface area (Å²) in [7, 11) is 0. The fourth-order valence-corrected chi connectivity index (χ4v) is 3.84. The van der Waals surface area contributed by atoms with Gasteiger partial charge in [-0.1, -0.05) is 19.3 Å². The van der Waals surface area contributed by atoms with Crippen molar-refractivity contribution < 1.29 is 19.8 Å². The molecule has 3 aromatic rings. The lowest BCUT2D eigenvalue weighted by molar-refractivity contribution is -0.159. The maximum Gasteiger partial charge on any atom is 0.414 e. The minimum atomic E-state index is -1.82. The summed E-state index contributed by atoms with van der Waals surface area (Å²) in [6.45, 7) is 2.18. The van der Waals surface area contributed by atoms with Crippen molar-refractivity contribution in [3.8, 4) is 0 Å². The summed E-state index contributed by atoms with van der Waals surface area (Å²) in [4.78, 5) is 41.1. The zero-order valence-corrected chi connectivity index (χ0v) is 14.9. The van der Waals surface area contributed by atoms with Crippen LogP contribution in [-0.4, -0.2) is 41.7 Å². The van der Waals surface area contributed by atoms with Gasteiger partial charge in [0.05, 0.1) is 17.2 Å². The molecule has 9 heteroatoms. The second kappa shape index (κ2) is 7.65. The van der Waals surface area contributed by atoms with Crippen LogP contribution < -0.4 is 5.69 Å². The first-order valence-electron chi connectivity index (χ1n) is 8.92. The van der Waals surface area contributed by atoms with E-state index in [0.29, 0.717) is 5.92 Å². The Morgan fingerprint density at radius 1 is 1.22 bits per heavy atom. The summed E-state index contributed by atoms with van der Waals surface area (Å²) in [5.41, 5.74) is 2.64. The van der Waals surface area contributed by atoms with Crippen molar-refractivity contribution in [1.82, 2.24) is 19.5 Å². The van der Waals surface area contributed by atoms with Crippen molar-refractivity contribution in [3.05, 3.63) is 28.9 Å². The molecular formula is C18H22N4O5. The van der Waals surface area contributed by atoms with E-state index in [1.165, 1.54) is 32.1 Å². The number of carboxylic acid groups (broad SMARTS) is 2. The summed E-state index contributed by atoms with van der Waals surface area (Å²) in [5, 5.41) is 15.8. The van der Waals surface area contributed by atoms with Crippen molar-refractivity contribution in [2.24, 2.45) is 5.92 Å². The number of aromatic amines is 2. The molecule has 0 bridgehead atoms. The molecule has 1 saturated carbocycles. The zero-order valence-electron chi connectivity index (χ0n) is 14.9. The van der Waals surface area contributed by atoms with Crippen LogP contribution in [0.5, 0.6) is 0 Å². The van der Waals surface area contributed by atoms with Crippen LogP contribution in [0.1, 0.15) is 45.1 Å². The lowest BCUT2D eigenvalue weighted by Gasteiger charge is -2.28. The highest BCUT2D eigenvalue weighted by atomic mass is 16.4. The smallest absolute Gasteiger partial charge is 0.414 e. The molecule has 144 valence electrons. The van der Waals surface area contributed by atoms with Gasteiger partial charge in [0.25, 0.3) is 0 Å². The monoisotopic (exact) mass is 374 g/mol. The number of hydrogen-bond acceptors (Lipinski definition) is 4. The first kappa shape index (κ1) is 18.7. The van der Waals surface area contributed by atoms with Gasteiger partial charge >= 0.3 is 17.6 Å². The van der Waals surface area contributed by atoms with Crippen LogP contribution in [0.4, 0.5) is 0 Å². The predicted molar refractivity (Wildman–Crippen MR) is 98.8 cm³/mol. The number of aromatic nitrogens is 4. The van der Waals surface area contributed by atoms with E-state index in [2.05, 4.69) is 21.9 Å². The topological polar surface area (TPSA) is 141 Å². The van der Waals surface area contributed by atoms with Crippen LogP contribution in [0.2, 0.25) is 0 Å². The molecule has 1 aliphatic carbocycles. The molecule has 0 aromatic carbocycles. The summed E-state index contributed by atoms with van der Waals surface area (Å²) >= 11 is 0. The second-order valence-electron chi connectivity index (χ2n) is 6.81. The van der Waals surface area contributed by atoms with Crippen LogP contribution in [0.15, 0.2) is 23.3 Å². The van der Waals surface area contributed by atoms with E-state index in [1.54, 1.807) is 6.20 Å². The molecule has 3 heterocycles. The molecule has 1 atom stereocenters. The third-order valence-electron chi connectivity index (χ3n) is 5.18. The van der Waals surface area contributed by atoms with Gasteiger partial charge in [0.2, 0.25) is 0 Å². The lowest BCUT2D eigenvalue weighted by Crippen LogP contribution is -2.27. The minimum absolute atomic E-state index is 0.0152. The van der Waals surface area contributed by atoms with Crippen LogP contribution in [0.3, 0.4) is 0 Å². The van der Waals surface area contributed by atoms with E-state index in [-0.39, 0.29) is 11.7 Å². The number of imidazole rings is 1. The molecule has 1 fully saturated rings. The number of H-pyrrole nitrogens is 2. The average Bonchev–Trinajstić information content (AvgIpc) is 3.25. The highest BCUT2D eigenvalue weighted by Gasteiger charge is 2.25. The third-order valence-corrected chi connectivity index (χ3v) is 5.18. The van der Waals surface area contributed by atoms with Crippen molar-refractivity contribution in [1.29, 1.82) is 0 Å². The maximum atomic E-state index is 12.5. The normalized spacial score (nSPS) is 16.0. The summed E-state index contributed by atoms with van der Waals surface area (Å²) in [5.74, 6) is -3.05. The number of rotatable bonds is 2. The SMILES string of the molecule is C[C@@H](C1CCCCC1)n1c(=O)[nH]c2cnc3[nH]ccc3c21.O=C(O)C(=O)O. The number of carbonyl (C=O) groups is 2. The number of hydrogen-bond donors (Lipinski definition) is 4. The van der Waals surface area contributed by atoms with E-state index < -0.39 is 11.9 Å². The van der Waals surface area contributed by atoms with Crippen molar-refractivity contribution in [2.75, 3.05) is 0 Å². The van der Waals surface area contributed by atoms with Crippen LogP contribution in [0, 0.1) is 5.92 Å². The Morgan fingerprint density at radius 2 is 1.89 bits per heavy atom. The van der Waals surface area contributed by atoms with Crippen molar-refractivity contribution in [3.63, 3.8) is 0 Å². The summed E-state index contributed by atoms with van der Waals surface area (Å²) in [6.07, 6.45) is 9.98. The van der Waals surface area contributed by atoms with Crippen LogP contribution in [0.25, 0.3) is 22.1 Å². The van der Waals surface area contributed by atoms with Gasteiger partial charge < -0.3 is 20.2 Å². The fourth-order valence-electron chi connectivity index (χ4n) is 3.84. The predicted octanol–water partition coefficient (Wildman–Crippen LogP) is 2.50. The van der Waals surface area contributed by atoms with Crippen molar-refractivity contribution >= 4 is 34.0 Å². The van der Waals surface area contributed by atoms with Gasteiger partial charge in [-0.15, -0.1) is 0 Å². The third kappa shape index (κ3) is 3.71. The quantitative estimate of drug-likeness (QED) is 0.508. The zero-order chi connectivity index (χ0) is 19.6. The molecule has 4 rings (SSSR count). The Bertz CT molecular complexity index is 1010.